The number of para-hydroxylation sites is 1. The summed E-state index contributed by atoms with van der Waals surface area (Å²) in [5, 5.41) is 2.43. The van der Waals surface area contributed by atoms with Gasteiger partial charge in [-0.1, -0.05) is 44.2 Å². The Labute approximate surface area is 148 Å². The van der Waals surface area contributed by atoms with Gasteiger partial charge in [-0.2, -0.15) is 0 Å². The van der Waals surface area contributed by atoms with E-state index in [1.807, 2.05) is 6.07 Å². The van der Waals surface area contributed by atoms with Crippen molar-refractivity contribution < 1.29 is 4.42 Å². The van der Waals surface area contributed by atoms with Crippen LogP contribution < -0.4 is 4.90 Å². The van der Waals surface area contributed by atoms with Crippen LogP contribution in [-0.4, -0.2) is 18.1 Å². The van der Waals surface area contributed by atoms with E-state index in [9.17, 15) is 0 Å². The maximum Gasteiger partial charge on any atom is 0.159 e. The smallest absolute Gasteiger partial charge is 0.159 e. The van der Waals surface area contributed by atoms with Crippen molar-refractivity contribution in [3.8, 4) is 0 Å². The molecule has 1 unspecified atom stereocenters. The van der Waals surface area contributed by atoms with Gasteiger partial charge in [0.25, 0.3) is 0 Å². The summed E-state index contributed by atoms with van der Waals surface area (Å²) >= 11 is 0. The summed E-state index contributed by atoms with van der Waals surface area (Å²) in [7, 11) is 2.18. The summed E-state index contributed by atoms with van der Waals surface area (Å²) in [6.07, 6.45) is 8.25. The van der Waals surface area contributed by atoms with Crippen molar-refractivity contribution in [2.75, 3.05) is 11.9 Å². The van der Waals surface area contributed by atoms with E-state index in [1.54, 1.807) is 0 Å². The zero-order valence-electron chi connectivity index (χ0n) is 15.1. The molecule has 0 bridgehead atoms. The maximum atomic E-state index is 6.38. The average Bonchev–Trinajstić information content (AvgIpc) is 3.21. The SMILES string of the molecule is CCC1(CC)CC2N(C)C=CN2c2c1ccc1c2oc2ccccc21. The molecule has 0 N–H and O–H groups in total. The lowest BCUT2D eigenvalue weighted by atomic mass is 9.69. The Morgan fingerprint density at radius 1 is 1.04 bits per heavy atom. The van der Waals surface area contributed by atoms with Crippen LogP contribution in [0.4, 0.5) is 5.69 Å². The average molecular weight is 332 g/mol. The molecule has 0 radical (unpaired) electrons. The lowest BCUT2D eigenvalue weighted by Crippen LogP contribution is -2.47. The molecule has 25 heavy (non-hydrogen) atoms. The van der Waals surface area contributed by atoms with Gasteiger partial charge in [-0.15, -0.1) is 0 Å². The van der Waals surface area contributed by atoms with Gasteiger partial charge in [-0.05, 0) is 30.9 Å². The van der Waals surface area contributed by atoms with Crippen LogP contribution in [0.3, 0.4) is 0 Å². The highest BCUT2D eigenvalue weighted by Gasteiger charge is 2.45. The standard InChI is InChI=1S/C22H24N2O/c1-4-22(5-2)14-19-23(3)12-13-24(19)20-17(22)11-10-16-15-8-6-7-9-18(15)25-21(16)20/h6-13,19H,4-5,14H2,1-3H3. The number of anilines is 1. The molecule has 2 aliphatic heterocycles. The van der Waals surface area contributed by atoms with E-state index in [4.69, 9.17) is 4.42 Å². The summed E-state index contributed by atoms with van der Waals surface area (Å²) in [5.41, 5.74) is 4.94. The van der Waals surface area contributed by atoms with Crippen molar-refractivity contribution in [1.82, 2.24) is 4.90 Å². The van der Waals surface area contributed by atoms with E-state index < -0.39 is 0 Å². The molecule has 0 fully saturated rings. The molecule has 128 valence electrons. The fraction of sp³-hybridized carbons (Fsp3) is 0.364. The number of nitrogens with zero attached hydrogens (tertiary/aromatic N) is 2. The lowest BCUT2D eigenvalue weighted by molar-refractivity contribution is 0.234. The van der Waals surface area contributed by atoms with E-state index in [0.717, 1.165) is 30.4 Å². The Balaban J connectivity index is 1.88. The zero-order valence-corrected chi connectivity index (χ0v) is 15.1. The Morgan fingerprint density at radius 2 is 1.84 bits per heavy atom. The predicted octanol–water partition coefficient (Wildman–Crippen LogP) is 5.60. The van der Waals surface area contributed by atoms with Crippen LogP contribution in [-0.2, 0) is 5.41 Å². The van der Waals surface area contributed by atoms with E-state index in [0.29, 0.717) is 6.17 Å². The van der Waals surface area contributed by atoms with Crippen molar-refractivity contribution in [3.63, 3.8) is 0 Å². The predicted molar refractivity (Wildman–Crippen MR) is 104 cm³/mol. The second kappa shape index (κ2) is 5.04. The highest BCUT2D eigenvalue weighted by Crippen LogP contribution is 2.52. The fourth-order valence-electron chi connectivity index (χ4n) is 4.88. The van der Waals surface area contributed by atoms with Gasteiger partial charge in [0.1, 0.15) is 11.7 Å². The van der Waals surface area contributed by atoms with Gasteiger partial charge in [-0.25, -0.2) is 0 Å². The summed E-state index contributed by atoms with van der Waals surface area (Å²) in [6, 6.07) is 13.0. The Hall–Kier alpha value is -2.42. The van der Waals surface area contributed by atoms with Crippen molar-refractivity contribution >= 4 is 27.6 Å². The lowest BCUT2D eigenvalue weighted by Gasteiger charge is -2.46. The number of benzene rings is 2. The largest absolute Gasteiger partial charge is 0.454 e. The molecule has 0 saturated carbocycles. The van der Waals surface area contributed by atoms with Crippen molar-refractivity contribution in [3.05, 3.63) is 54.4 Å². The van der Waals surface area contributed by atoms with Crippen molar-refractivity contribution in [2.45, 2.75) is 44.7 Å². The first-order valence-electron chi connectivity index (χ1n) is 9.32. The molecule has 0 aliphatic carbocycles. The molecule has 0 amide bonds. The first kappa shape index (κ1) is 14.9. The normalized spacial score (nSPS) is 21.2. The van der Waals surface area contributed by atoms with Crippen LogP contribution in [0.25, 0.3) is 21.9 Å². The summed E-state index contributed by atoms with van der Waals surface area (Å²) in [5.74, 6) is 0. The van der Waals surface area contributed by atoms with Crippen LogP contribution in [0.15, 0.2) is 53.2 Å². The third-order valence-corrected chi connectivity index (χ3v) is 6.53. The first-order chi connectivity index (χ1) is 12.2. The van der Waals surface area contributed by atoms with Crippen molar-refractivity contribution in [2.24, 2.45) is 0 Å². The van der Waals surface area contributed by atoms with E-state index in [-0.39, 0.29) is 5.41 Å². The molecule has 0 spiro atoms. The topological polar surface area (TPSA) is 19.6 Å². The summed E-state index contributed by atoms with van der Waals surface area (Å²) in [6.45, 7) is 4.66. The van der Waals surface area contributed by atoms with Gasteiger partial charge in [-0.3, -0.25) is 0 Å². The zero-order chi connectivity index (χ0) is 17.2. The van der Waals surface area contributed by atoms with Crippen LogP contribution >= 0.6 is 0 Å². The number of fused-ring (bicyclic) bond motifs is 7. The Morgan fingerprint density at radius 3 is 2.64 bits per heavy atom. The summed E-state index contributed by atoms with van der Waals surface area (Å²) < 4.78 is 6.38. The molecule has 5 rings (SSSR count). The van der Waals surface area contributed by atoms with Crippen LogP contribution in [0.5, 0.6) is 0 Å². The van der Waals surface area contributed by atoms with Crippen LogP contribution in [0.1, 0.15) is 38.7 Å². The number of hydrogen-bond donors (Lipinski definition) is 0. The Bertz CT molecular complexity index is 996. The highest BCUT2D eigenvalue weighted by atomic mass is 16.3. The van der Waals surface area contributed by atoms with Gasteiger partial charge >= 0.3 is 0 Å². The minimum Gasteiger partial charge on any atom is -0.454 e. The van der Waals surface area contributed by atoms with Crippen LogP contribution in [0.2, 0.25) is 0 Å². The molecule has 2 aromatic carbocycles. The minimum atomic E-state index is 0.212. The fourth-order valence-corrected chi connectivity index (χ4v) is 4.88. The molecule has 3 nitrogen and oxygen atoms in total. The molecule has 0 saturated heterocycles. The molecular formula is C22H24N2O. The second-order valence-electron chi connectivity index (χ2n) is 7.48. The Kier molecular flexibility index (Phi) is 3.00. The van der Waals surface area contributed by atoms with Gasteiger partial charge in [0, 0.05) is 35.6 Å². The van der Waals surface area contributed by atoms with Gasteiger partial charge in [0.2, 0.25) is 0 Å². The molecular weight excluding hydrogens is 308 g/mol. The number of hydrogen-bond acceptors (Lipinski definition) is 3. The number of furan rings is 1. The maximum absolute atomic E-state index is 6.38. The third-order valence-electron chi connectivity index (χ3n) is 6.53. The third kappa shape index (κ3) is 1.81. The molecule has 3 heteroatoms. The molecule has 3 aromatic rings. The first-order valence-corrected chi connectivity index (χ1v) is 9.32. The van der Waals surface area contributed by atoms with Crippen molar-refractivity contribution in [1.29, 1.82) is 0 Å². The molecule has 2 aliphatic rings. The van der Waals surface area contributed by atoms with E-state index in [2.05, 4.69) is 73.4 Å². The number of rotatable bonds is 2. The second-order valence-corrected chi connectivity index (χ2v) is 7.48. The van der Waals surface area contributed by atoms with Gasteiger partial charge < -0.3 is 14.2 Å². The molecule has 1 atom stereocenters. The highest BCUT2D eigenvalue weighted by molar-refractivity contribution is 6.10. The van der Waals surface area contributed by atoms with Gasteiger partial charge in [0.05, 0.1) is 5.69 Å². The van der Waals surface area contributed by atoms with Gasteiger partial charge in [0.15, 0.2) is 5.58 Å². The van der Waals surface area contributed by atoms with E-state index in [1.165, 1.54) is 22.0 Å². The minimum absolute atomic E-state index is 0.212. The molecule has 1 aromatic heterocycles. The summed E-state index contributed by atoms with van der Waals surface area (Å²) in [4.78, 5) is 4.76. The quantitative estimate of drug-likeness (QED) is 0.609. The van der Waals surface area contributed by atoms with E-state index >= 15 is 0 Å². The monoisotopic (exact) mass is 332 g/mol. The molecule has 3 heterocycles. The van der Waals surface area contributed by atoms with Crippen LogP contribution in [0, 0.1) is 0 Å².